The zero-order valence-electron chi connectivity index (χ0n) is 14.4. The molecule has 0 bridgehead atoms. The zero-order valence-corrected chi connectivity index (χ0v) is 16.7. The minimum Gasteiger partial charge on any atom is -0.357 e. The fourth-order valence-corrected chi connectivity index (χ4v) is 4.01. The van der Waals surface area contributed by atoms with Crippen molar-refractivity contribution >= 4 is 35.8 Å². The number of likely N-dealkylation sites (tertiary alicyclic amines) is 2. The molecule has 0 aromatic heterocycles. The summed E-state index contributed by atoms with van der Waals surface area (Å²) in [5, 5.41) is 3.44. The van der Waals surface area contributed by atoms with Crippen LogP contribution in [0, 0.1) is 5.41 Å². The molecule has 0 aromatic rings. The number of guanidine groups is 1. The van der Waals surface area contributed by atoms with Crippen molar-refractivity contribution in [2.45, 2.75) is 51.9 Å². The van der Waals surface area contributed by atoms with Crippen LogP contribution >= 0.6 is 24.0 Å². The molecule has 23 heavy (non-hydrogen) atoms. The molecule has 132 valence electrons. The van der Waals surface area contributed by atoms with E-state index in [1.54, 1.807) is 0 Å². The van der Waals surface area contributed by atoms with Gasteiger partial charge in [0.25, 0.3) is 0 Å². The molecular formula is C17H31IN4O. The Morgan fingerprint density at radius 3 is 2.65 bits per heavy atom. The highest BCUT2D eigenvalue weighted by Crippen LogP contribution is 2.47. The second-order valence-electron chi connectivity index (χ2n) is 7.10. The van der Waals surface area contributed by atoms with Crippen LogP contribution in [0.5, 0.6) is 0 Å². The van der Waals surface area contributed by atoms with Crippen molar-refractivity contribution in [1.29, 1.82) is 0 Å². The molecule has 1 amide bonds. The third kappa shape index (κ3) is 4.51. The molecule has 1 aliphatic carbocycles. The van der Waals surface area contributed by atoms with E-state index in [1.807, 2.05) is 4.90 Å². The average molecular weight is 434 g/mol. The van der Waals surface area contributed by atoms with Crippen LogP contribution < -0.4 is 5.32 Å². The standard InChI is InChI=1S/C17H30N4O.HI/c1-2-18-16(21-13-9-17(14-21)7-4-8-17)19-10-5-12-20-11-3-6-15(20)22;/h2-14H2,1H3,(H,18,19);1H. The van der Waals surface area contributed by atoms with E-state index < -0.39 is 0 Å². The number of amides is 1. The van der Waals surface area contributed by atoms with Crippen LogP contribution in [0.25, 0.3) is 0 Å². The first-order chi connectivity index (χ1) is 10.7. The van der Waals surface area contributed by atoms with Crippen molar-refractivity contribution in [3.05, 3.63) is 0 Å². The van der Waals surface area contributed by atoms with Crippen LogP contribution in [-0.4, -0.2) is 60.9 Å². The molecule has 0 radical (unpaired) electrons. The molecule has 0 unspecified atom stereocenters. The van der Waals surface area contributed by atoms with Gasteiger partial charge >= 0.3 is 0 Å². The number of halogens is 1. The van der Waals surface area contributed by atoms with Gasteiger partial charge in [-0.2, -0.15) is 0 Å². The summed E-state index contributed by atoms with van der Waals surface area (Å²) in [7, 11) is 0. The second kappa shape index (κ2) is 8.53. The molecule has 1 spiro atoms. The highest BCUT2D eigenvalue weighted by molar-refractivity contribution is 14.0. The van der Waals surface area contributed by atoms with E-state index in [0.717, 1.165) is 57.9 Å². The van der Waals surface area contributed by atoms with E-state index in [1.165, 1.54) is 32.2 Å². The first kappa shape index (κ1) is 18.8. The summed E-state index contributed by atoms with van der Waals surface area (Å²) in [6.07, 6.45) is 8.28. The number of hydrogen-bond acceptors (Lipinski definition) is 2. The van der Waals surface area contributed by atoms with Gasteiger partial charge < -0.3 is 15.1 Å². The Balaban J connectivity index is 0.00000192. The van der Waals surface area contributed by atoms with E-state index in [2.05, 4.69) is 17.1 Å². The summed E-state index contributed by atoms with van der Waals surface area (Å²) >= 11 is 0. The fraction of sp³-hybridized carbons (Fsp3) is 0.882. The van der Waals surface area contributed by atoms with Crippen LogP contribution in [-0.2, 0) is 4.79 Å². The lowest BCUT2D eigenvalue weighted by molar-refractivity contribution is -0.127. The topological polar surface area (TPSA) is 47.9 Å². The predicted octanol–water partition coefficient (Wildman–Crippen LogP) is 2.46. The summed E-state index contributed by atoms with van der Waals surface area (Å²) < 4.78 is 0. The van der Waals surface area contributed by atoms with Gasteiger partial charge in [-0.15, -0.1) is 24.0 Å². The smallest absolute Gasteiger partial charge is 0.222 e. The number of aliphatic imine (C=N–C) groups is 1. The van der Waals surface area contributed by atoms with Crippen molar-refractivity contribution in [3.63, 3.8) is 0 Å². The summed E-state index contributed by atoms with van der Waals surface area (Å²) in [4.78, 5) is 20.8. The molecule has 5 nitrogen and oxygen atoms in total. The Morgan fingerprint density at radius 2 is 2.09 bits per heavy atom. The third-order valence-electron chi connectivity index (χ3n) is 5.51. The lowest BCUT2D eigenvalue weighted by Gasteiger charge is -2.38. The van der Waals surface area contributed by atoms with E-state index in [4.69, 9.17) is 4.99 Å². The highest BCUT2D eigenvalue weighted by atomic mass is 127. The van der Waals surface area contributed by atoms with Gasteiger partial charge in [-0.25, -0.2) is 0 Å². The van der Waals surface area contributed by atoms with Crippen molar-refractivity contribution < 1.29 is 4.79 Å². The van der Waals surface area contributed by atoms with Crippen LogP contribution in [0.2, 0.25) is 0 Å². The normalized spacial score (nSPS) is 23.2. The first-order valence-corrected chi connectivity index (χ1v) is 9.03. The summed E-state index contributed by atoms with van der Waals surface area (Å²) in [6, 6.07) is 0. The molecule has 1 saturated carbocycles. The van der Waals surface area contributed by atoms with Crippen LogP contribution in [0.4, 0.5) is 0 Å². The molecular weight excluding hydrogens is 403 g/mol. The second-order valence-corrected chi connectivity index (χ2v) is 7.10. The molecule has 0 aromatic carbocycles. The molecule has 0 atom stereocenters. The fourth-order valence-electron chi connectivity index (χ4n) is 4.01. The minimum atomic E-state index is 0. The molecule has 2 heterocycles. The molecule has 2 aliphatic heterocycles. The number of carbonyl (C=O) groups is 1. The van der Waals surface area contributed by atoms with Crippen molar-refractivity contribution in [3.8, 4) is 0 Å². The Kier molecular flexibility index (Phi) is 6.98. The molecule has 3 rings (SSSR count). The van der Waals surface area contributed by atoms with Gasteiger partial charge in [-0.3, -0.25) is 9.79 Å². The van der Waals surface area contributed by atoms with E-state index in [9.17, 15) is 4.79 Å². The number of hydrogen-bond donors (Lipinski definition) is 1. The maximum Gasteiger partial charge on any atom is 0.222 e. The van der Waals surface area contributed by atoms with Crippen molar-refractivity contribution in [2.24, 2.45) is 10.4 Å². The molecule has 3 fully saturated rings. The number of nitrogens with one attached hydrogen (secondary N) is 1. The van der Waals surface area contributed by atoms with Gasteiger partial charge in [0.2, 0.25) is 5.91 Å². The number of nitrogens with zero attached hydrogens (tertiary/aromatic N) is 3. The van der Waals surface area contributed by atoms with Crippen molar-refractivity contribution in [1.82, 2.24) is 15.1 Å². The Bertz CT molecular complexity index is 436. The number of carbonyl (C=O) groups excluding carboxylic acids is 1. The van der Waals surface area contributed by atoms with Gasteiger partial charge in [0.15, 0.2) is 5.96 Å². The van der Waals surface area contributed by atoms with Gasteiger partial charge in [-0.05, 0) is 44.4 Å². The van der Waals surface area contributed by atoms with Crippen molar-refractivity contribution in [2.75, 3.05) is 39.3 Å². The van der Waals surface area contributed by atoms with Gasteiger partial charge in [0.1, 0.15) is 0 Å². The predicted molar refractivity (Wildman–Crippen MR) is 104 cm³/mol. The maximum atomic E-state index is 11.6. The van der Waals surface area contributed by atoms with Gasteiger partial charge in [0.05, 0.1) is 0 Å². The molecule has 1 N–H and O–H groups in total. The molecule has 2 saturated heterocycles. The molecule has 3 aliphatic rings. The van der Waals surface area contributed by atoms with Crippen LogP contribution in [0.1, 0.15) is 51.9 Å². The summed E-state index contributed by atoms with van der Waals surface area (Å²) in [5.41, 5.74) is 0.609. The summed E-state index contributed by atoms with van der Waals surface area (Å²) in [6.45, 7) is 8.01. The lowest BCUT2D eigenvalue weighted by atomic mass is 9.68. The first-order valence-electron chi connectivity index (χ1n) is 9.03. The largest absolute Gasteiger partial charge is 0.357 e. The minimum absolute atomic E-state index is 0. The highest BCUT2D eigenvalue weighted by Gasteiger charge is 2.43. The zero-order chi connectivity index (χ0) is 15.4. The van der Waals surface area contributed by atoms with Crippen LogP contribution in [0.15, 0.2) is 4.99 Å². The maximum absolute atomic E-state index is 11.6. The quantitative estimate of drug-likeness (QED) is 0.313. The Morgan fingerprint density at radius 1 is 1.26 bits per heavy atom. The molecule has 6 heteroatoms. The Hall–Kier alpha value is -0.530. The number of rotatable bonds is 5. The Labute approximate surface area is 157 Å². The lowest BCUT2D eigenvalue weighted by Crippen LogP contribution is -2.42. The van der Waals surface area contributed by atoms with Gasteiger partial charge in [0, 0.05) is 45.7 Å². The van der Waals surface area contributed by atoms with E-state index >= 15 is 0 Å². The summed E-state index contributed by atoms with van der Waals surface area (Å²) in [5.74, 6) is 1.40. The van der Waals surface area contributed by atoms with E-state index in [0.29, 0.717) is 11.3 Å². The van der Waals surface area contributed by atoms with Crippen LogP contribution in [0.3, 0.4) is 0 Å². The van der Waals surface area contributed by atoms with Gasteiger partial charge in [-0.1, -0.05) is 6.42 Å². The third-order valence-corrected chi connectivity index (χ3v) is 5.51. The SMILES string of the molecule is CCNC(=NCCCN1CCCC1=O)N1CCC2(CCC2)C1.I. The monoisotopic (exact) mass is 434 g/mol. The average Bonchev–Trinajstić information content (AvgIpc) is 3.09. The van der Waals surface area contributed by atoms with E-state index in [-0.39, 0.29) is 24.0 Å².